The summed E-state index contributed by atoms with van der Waals surface area (Å²) in [5.41, 5.74) is 2.15. The van der Waals surface area contributed by atoms with Gasteiger partial charge in [-0.1, -0.05) is 19.8 Å². The van der Waals surface area contributed by atoms with E-state index in [-0.39, 0.29) is 5.38 Å². The zero-order valence-electron chi connectivity index (χ0n) is 13.0. The molecule has 1 fully saturated rings. The van der Waals surface area contributed by atoms with Crippen LogP contribution >= 0.6 is 11.6 Å². The first kappa shape index (κ1) is 14.7. The molecule has 0 saturated heterocycles. The van der Waals surface area contributed by atoms with E-state index in [1.54, 1.807) is 7.11 Å². The van der Waals surface area contributed by atoms with E-state index in [1.807, 2.05) is 19.1 Å². The third-order valence-electron chi connectivity index (χ3n) is 4.42. The van der Waals surface area contributed by atoms with Gasteiger partial charge >= 0.3 is 0 Å². The molecule has 3 rings (SSSR count). The topological polar surface area (TPSA) is 27.1 Å². The number of aromatic nitrogens is 2. The van der Waals surface area contributed by atoms with E-state index in [0.29, 0.717) is 6.04 Å². The quantitative estimate of drug-likeness (QED) is 0.695. The molecule has 1 saturated carbocycles. The van der Waals surface area contributed by atoms with E-state index in [9.17, 15) is 0 Å². The molecule has 1 aliphatic rings. The van der Waals surface area contributed by atoms with E-state index < -0.39 is 0 Å². The molecule has 0 bridgehead atoms. The van der Waals surface area contributed by atoms with Crippen LogP contribution in [0.1, 0.15) is 56.8 Å². The fourth-order valence-electron chi connectivity index (χ4n) is 3.08. The van der Waals surface area contributed by atoms with Crippen LogP contribution in [0.15, 0.2) is 18.2 Å². The summed E-state index contributed by atoms with van der Waals surface area (Å²) in [5, 5.41) is -0.0864. The normalized spacial score (nSPS) is 17.9. The van der Waals surface area contributed by atoms with Crippen molar-refractivity contribution in [3.05, 3.63) is 24.0 Å². The molecule has 1 heterocycles. The summed E-state index contributed by atoms with van der Waals surface area (Å²) in [6.45, 7) is 4.26. The summed E-state index contributed by atoms with van der Waals surface area (Å²) in [5.74, 6) is 2.72. The van der Waals surface area contributed by atoms with E-state index in [2.05, 4.69) is 17.6 Å². The molecule has 3 nitrogen and oxygen atoms in total. The highest BCUT2D eigenvalue weighted by Gasteiger charge is 2.28. The van der Waals surface area contributed by atoms with Gasteiger partial charge in [0.2, 0.25) is 0 Å². The second kappa shape index (κ2) is 5.88. The number of ether oxygens (including phenoxy) is 1. The molecule has 0 N–H and O–H groups in total. The Labute approximate surface area is 131 Å². The zero-order valence-corrected chi connectivity index (χ0v) is 13.7. The van der Waals surface area contributed by atoms with Crippen LogP contribution in [0.25, 0.3) is 11.0 Å². The van der Waals surface area contributed by atoms with Gasteiger partial charge < -0.3 is 9.30 Å². The van der Waals surface area contributed by atoms with Crippen molar-refractivity contribution in [3.8, 4) is 5.75 Å². The van der Waals surface area contributed by atoms with Gasteiger partial charge in [-0.3, -0.25) is 0 Å². The third-order valence-corrected chi connectivity index (χ3v) is 4.61. The molecule has 2 aromatic rings. The van der Waals surface area contributed by atoms with Crippen LogP contribution in [0.2, 0.25) is 0 Å². The van der Waals surface area contributed by atoms with Crippen molar-refractivity contribution in [2.24, 2.45) is 5.92 Å². The Balaban J connectivity index is 2.09. The summed E-state index contributed by atoms with van der Waals surface area (Å²) in [6, 6.07) is 6.61. The molecule has 114 valence electrons. The summed E-state index contributed by atoms with van der Waals surface area (Å²) >= 11 is 6.39. The number of rotatable bonds is 6. The molecular formula is C17H23ClN2O. The van der Waals surface area contributed by atoms with Gasteiger partial charge in [0.25, 0.3) is 0 Å². The van der Waals surface area contributed by atoms with Gasteiger partial charge in [0.1, 0.15) is 11.6 Å². The van der Waals surface area contributed by atoms with Crippen LogP contribution in [-0.2, 0) is 0 Å². The number of alkyl halides is 1. The maximum absolute atomic E-state index is 6.39. The Kier molecular flexibility index (Phi) is 4.12. The molecule has 0 radical (unpaired) electrons. The summed E-state index contributed by atoms with van der Waals surface area (Å²) < 4.78 is 7.68. The standard InChI is InChI=1S/C17H23ClN2O/c1-4-13(9-12-5-6-12)20-16-8-7-14(21-3)10-15(16)19-17(20)11(2)18/h7-8,10-13H,4-6,9H2,1-3H3. The third kappa shape index (κ3) is 2.89. The van der Waals surface area contributed by atoms with Crippen LogP contribution in [0.3, 0.4) is 0 Å². The first-order valence-electron chi connectivity index (χ1n) is 7.84. The van der Waals surface area contributed by atoms with Crippen molar-refractivity contribution in [1.82, 2.24) is 9.55 Å². The fourth-order valence-corrected chi connectivity index (χ4v) is 3.24. The second-order valence-electron chi connectivity index (χ2n) is 6.05. The minimum absolute atomic E-state index is 0.0864. The molecule has 1 aliphatic carbocycles. The Morgan fingerprint density at radius 2 is 2.19 bits per heavy atom. The lowest BCUT2D eigenvalue weighted by molar-refractivity contribution is 0.415. The predicted octanol–water partition coefficient (Wildman–Crippen LogP) is 5.10. The van der Waals surface area contributed by atoms with Crippen LogP contribution in [-0.4, -0.2) is 16.7 Å². The maximum atomic E-state index is 6.39. The minimum atomic E-state index is -0.0864. The number of hydrogen-bond donors (Lipinski definition) is 0. The number of imidazole rings is 1. The molecule has 21 heavy (non-hydrogen) atoms. The van der Waals surface area contributed by atoms with Crippen LogP contribution in [0.4, 0.5) is 0 Å². The van der Waals surface area contributed by atoms with Crippen molar-refractivity contribution < 1.29 is 4.74 Å². The average Bonchev–Trinajstić information content (AvgIpc) is 3.22. The SMILES string of the molecule is CCC(CC1CC1)n1c(C(C)Cl)nc2cc(OC)ccc21. The van der Waals surface area contributed by atoms with Crippen molar-refractivity contribution in [2.75, 3.05) is 7.11 Å². The number of benzene rings is 1. The lowest BCUT2D eigenvalue weighted by atomic mass is 10.1. The largest absolute Gasteiger partial charge is 0.497 e. The molecule has 1 aromatic heterocycles. The van der Waals surface area contributed by atoms with Crippen molar-refractivity contribution in [2.45, 2.75) is 50.9 Å². The highest BCUT2D eigenvalue weighted by molar-refractivity contribution is 6.20. The number of methoxy groups -OCH3 is 1. The molecule has 0 amide bonds. The number of hydrogen-bond acceptors (Lipinski definition) is 2. The lowest BCUT2D eigenvalue weighted by Gasteiger charge is -2.21. The average molecular weight is 307 g/mol. The van der Waals surface area contributed by atoms with Gasteiger partial charge in [-0.15, -0.1) is 11.6 Å². The second-order valence-corrected chi connectivity index (χ2v) is 6.71. The van der Waals surface area contributed by atoms with Gasteiger partial charge in [0.15, 0.2) is 0 Å². The van der Waals surface area contributed by atoms with Gasteiger partial charge in [-0.25, -0.2) is 4.98 Å². The highest BCUT2D eigenvalue weighted by Crippen LogP contribution is 2.40. The van der Waals surface area contributed by atoms with Crippen molar-refractivity contribution in [1.29, 1.82) is 0 Å². The molecule has 2 atom stereocenters. The summed E-state index contributed by atoms with van der Waals surface area (Å²) in [4.78, 5) is 4.77. The minimum Gasteiger partial charge on any atom is -0.497 e. The van der Waals surface area contributed by atoms with E-state index in [0.717, 1.165) is 29.4 Å². The Bertz CT molecular complexity index is 631. The molecule has 4 heteroatoms. The van der Waals surface area contributed by atoms with E-state index in [4.69, 9.17) is 21.3 Å². The van der Waals surface area contributed by atoms with Gasteiger partial charge in [-0.05, 0) is 37.8 Å². The van der Waals surface area contributed by atoms with E-state index in [1.165, 1.54) is 24.8 Å². The van der Waals surface area contributed by atoms with Crippen LogP contribution in [0.5, 0.6) is 5.75 Å². The van der Waals surface area contributed by atoms with Gasteiger partial charge in [-0.2, -0.15) is 0 Å². The monoisotopic (exact) mass is 306 g/mol. The zero-order chi connectivity index (χ0) is 15.0. The fraction of sp³-hybridized carbons (Fsp3) is 0.588. The van der Waals surface area contributed by atoms with Crippen LogP contribution < -0.4 is 4.74 Å². The number of fused-ring (bicyclic) bond motifs is 1. The lowest BCUT2D eigenvalue weighted by Crippen LogP contribution is -2.13. The summed E-state index contributed by atoms with van der Waals surface area (Å²) in [6.07, 6.45) is 5.11. The maximum Gasteiger partial charge on any atom is 0.127 e. The van der Waals surface area contributed by atoms with Crippen molar-refractivity contribution in [3.63, 3.8) is 0 Å². The smallest absolute Gasteiger partial charge is 0.127 e. The Morgan fingerprint density at radius 1 is 1.43 bits per heavy atom. The molecule has 0 aliphatic heterocycles. The Hall–Kier alpha value is -1.22. The molecule has 2 unspecified atom stereocenters. The van der Waals surface area contributed by atoms with Gasteiger partial charge in [0, 0.05) is 12.1 Å². The van der Waals surface area contributed by atoms with E-state index >= 15 is 0 Å². The van der Waals surface area contributed by atoms with Gasteiger partial charge in [0.05, 0.1) is 23.5 Å². The molecule has 1 aromatic carbocycles. The Morgan fingerprint density at radius 3 is 2.76 bits per heavy atom. The molecule has 0 spiro atoms. The van der Waals surface area contributed by atoms with Crippen LogP contribution in [0, 0.1) is 5.92 Å². The highest BCUT2D eigenvalue weighted by atomic mass is 35.5. The number of halogens is 1. The summed E-state index contributed by atoms with van der Waals surface area (Å²) in [7, 11) is 1.69. The van der Waals surface area contributed by atoms with Crippen molar-refractivity contribution >= 4 is 22.6 Å². The molecular weight excluding hydrogens is 284 g/mol. The number of nitrogens with zero attached hydrogens (tertiary/aromatic N) is 2. The first-order valence-corrected chi connectivity index (χ1v) is 8.27. The predicted molar refractivity (Wildman–Crippen MR) is 87.2 cm³/mol. The first-order chi connectivity index (χ1) is 10.1.